The number of hydrogen-bond acceptors (Lipinski definition) is 3. The highest BCUT2D eigenvalue weighted by Crippen LogP contribution is 2.16. The van der Waals surface area contributed by atoms with Gasteiger partial charge in [0.2, 0.25) is 0 Å². The minimum absolute atomic E-state index is 0.146. The summed E-state index contributed by atoms with van der Waals surface area (Å²) in [6.45, 7) is 2.62. The molecule has 0 saturated carbocycles. The Balaban J connectivity index is 1.91. The summed E-state index contributed by atoms with van der Waals surface area (Å²) in [6.07, 6.45) is 4.94. The van der Waals surface area contributed by atoms with Crippen LogP contribution in [0.5, 0.6) is 0 Å². The molecule has 1 amide bonds. The molecule has 3 aromatic rings. The summed E-state index contributed by atoms with van der Waals surface area (Å²) >= 11 is 0. The lowest BCUT2D eigenvalue weighted by Crippen LogP contribution is -2.17. The van der Waals surface area contributed by atoms with Crippen molar-refractivity contribution < 1.29 is 4.79 Å². The quantitative estimate of drug-likeness (QED) is 0.771. The second kappa shape index (κ2) is 5.24. The average Bonchev–Trinajstić information content (AvgIpc) is 2.96. The second-order valence-electron chi connectivity index (χ2n) is 4.60. The van der Waals surface area contributed by atoms with Crippen LogP contribution in [0, 0.1) is 0 Å². The van der Waals surface area contributed by atoms with E-state index in [1.807, 2.05) is 6.92 Å². The molecule has 2 heterocycles. The van der Waals surface area contributed by atoms with E-state index in [4.69, 9.17) is 0 Å². The zero-order valence-corrected chi connectivity index (χ0v) is 11.5. The number of benzene rings is 1. The minimum Gasteiger partial charge on any atom is -0.329 e. The van der Waals surface area contributed by atoms with Crippen molar-refractivity contribution in [2.24, 2.45) is 0 Å². The van der Waals surface area contributed by atoms with Gasteiger partial charge in [0.05, 0.1) is 0 Å². The molecule has 0 radical (unpaired) electrons. The summed E-state index contributed by atoms with van der Waals surface area (Å²) in [5.74, 6) is 0.0922. The van der Waals surface area contributed by atoms with Crippen molar-refractivity contribution >= 4 is 22.4 Å². The van der Waals surface area contributed by atoms with Crippen LogP contribution >= 0.6 is 0 Å². The van der Waals surface area contributed by atoms with E-state index in [9.17, 15) is 9.59 Å². The molecule has 1 aromatic carbocycles. The number of nitrogens with one attached hydrogen (secondary N) is 2. The fourth-order valence-corrected chi connectivity index (χ4v) is 2.23. The van der Waals surface area contributed by atoms with Gasteiger partial charge in [-0.15, -0.1) is 0 Å². The van der Waals surface area contributed by atoms with E-state index in [-0.39, 0.29) is 11.5 Å². The first-order chi connectivity index (χ1) is 10.2. The molecule has 2 N–H and O–H groups in total. The highest BCUT2D eigenvalue weighted by Gasteiger charge is 2.12. The molecule has 0 saturated heterocycles. The van der Waals surface area contributed by atoms with Crippen molar-refractivity contribution in [3.05, 3.63) is 59.0 Å². The molecule has 0 aliphatic carbocycles. The Bertz CT molecular complexity index is 863. The van der Waals surface area contributed by atoms with Gasteiger partial charge < -0.3 is 14.9 Å². The maximum absolute atomic E-state index is 12.2. The Labute approximate surface area is 120 Å². The van der Waals surface area contributed by atoms with E-state index >= 15 is 0 Å². The molecule has 0 aliphatic rings. The molecule has 21 heavy (non-hydrogen) atoms. The SMILES string of the molecule is CCn1ccnc1C(=O)Nc1ccc2c(=O)[nH]ccc2c1. The third kappa shape index (κ3) is 2.43. The fourth-order valence-electron chi connectivity index (χ4n) is 2.23. The van der Waals surface area contributed by atoms with Gasteiger partial charge in [-0.2, -0.15) is 0 Å². The third-order valence-electron chi connectivity index (χ3n) is 3.29. The van der Waals surface area contributed by atoms with Gasteiger partial charge in [0, 0.05) is 36.2 Å². The number of aromatic amines is 1. The van der Waals surface area contributed by atoms with Gasteiger partial charge in [-0.3, -0.25) is 9.59 Å². The van der Waals surface area contributed by atoms with Crippen molar-refractivity contribution in [1.29, 1.82) is 0 Å². The van der Waals surface area contributed by atoms with Crippen molar-refractivity contribution in [3.63, 3.8) is 0 Å². The topological polar surface area (TPSA) is 79.8 Å². The molecular formula is C15H14N4O2. The van der Waals surface area contributed by atoms with Gasteiger partial charge in [-0.1, -0.05) is 0 Å². The average molecular weight is 282 g/mol. The Morgan fingerprint density at radius 3 is 3.05 bits per heavy atom. The number of H-pyrrole nitrogens is 1. The highest BCUT2D eigenvalue weighted by atomic mass is 16.2. The number of rotatable bonds is 3. The first-order valence-electron chi connectivity index (χ1n) is 6.63. The third-order valence-corrected chi connectivity index (χ3v) is 3.29. The second-order valence-corrected chi connectivity index (χ2v) is 4.60. The van der Waals surface area contributed by atoms with Gasteiger partial charge >= 0.3 is 0 Å². The van der Waals surface area contributed by atoms with Crippen LogP contribution in [0.3, 0.4) is 0 Å². The first kappa shape index (κ1) is 13.1. The van der Waals surface area contributed by atoms with E-state index in [0.717, 1.165) is 5.39 Å². The lowest BCUT2D eigenvalue weighted by molar-refractivity contribution is 0.101. The van der Waals surface area contributed by atoms with E-state index in [1.54, 1.807) is 47.4 Å². The van der Waals surface area contributed by atoms with Crippen LogP contribution in [0.25, 0.3) is 10.8 Å². The molecule has 0 fully saturated rings. The van der Waals surface area contributed by atoms with Gasteiger partial charge in [-0.25, -0.2) is 4.98 Å². The predicted molar refractivity (Wildman–Crippen MR) is 80.4 cm³/mol. The number of aryl methyl sites for hydroxylation is 1. The number of nitrogens with zero attached hydrogens (tertiary/aromatic N) is 2. The van der Waals surface area contributed by atoms with E-state index in [1.165, 1.54) is 0 Å². The molecule has 6 nitrogen and oxygen atoms in total. The standard InChI is InChI=1S/C15H14N4O2/c1-2-19-8-7-16-13(19)15(21)18-11-3-4-12-10(9-11)5-6-17-14(12)20/h3-9H,2H2,1H3,(H,17,20)(H,18,21). The van der Waals surface area contributed by atoms with E-state index < -0.39 is 0 Å². The van der Waals surface area contributed by atoms with Gasteiger partial charge in [0.1, 0.15) is 0 Å². The van der Waals surface area contributed by atoms with Gasteiger partial charge in [-0.05, 0) is 36.6 Å². The van der Waals surface area contributed by atoms with Gasteiger partial charge in [0.15, 0.2) is 5.82 Å². The number of pyridine rings is 1. The molecule has 0 unspecified atom stereocenters. The van der Waals surface area contributed by atoms with Crippen LogP contribution in [-0.4, -0.2) is 20.4 Å². The van der Waals surface area contributed by atoms with Crippen molar-refractivity contribution in [2.45, 2.75) is 13.5 Å². The van der Waals surface area contributed by atoms with Crippen molar-refractivity contribution in [1.82, 2.24) is 14.5 Å². The fraction of sp³-hybridized carbons (Fsp3) is 0.133. The van der Waals surface area contributed by atoms with Gasteiger partial charge in [0.25, 0.3) is 11.5 Å². The highest BCUT2D eigenvalue weighted by molar-refractivity contribution is 6.02. The zero-order valence-electron chi connectivity index (χ0n) is 11.5. The maximum Gasteiger partial charge on any atom is 0.291 e. The first-order valence-corrected chi connectivity index (χ1v) is 6.63. The van der Waals surface area contributed by atoms with Crippen LogP contribution in [0.1, 0.15) is 17.5 Å². The Morgan fingerprint density at radius 1 is 1.38 bits per heavy atom. The molecule has 0 atom stereocenters. The number of aromatic nitrogens is 3. The molecule has 0 bridgehead atoms. The smallest absolute Gasteiger partial charge is 0.291 e. The molecule has 6 heteroatoms. The van der Waals surface area contributed by atoms with Crippen LogP contribution in [0.4, 0.5) is 5.69 Å². The van der Waals surface area contributed by atoms with Crippen LogP contribution in [0.15, 0.2) is 47.7 Å². The van der Waals surface area contributed by atoms with Crippen LogP contribution in [-0.2, 0) is 6.54 Å². The van der Waals surface area contributed by atoms with E-state index in [2.05, 4.69) is 15.3 Å². The number of imidazole rings is 1. The Morgan fingerprint density at radius 2 is 2.24 bits per heavy atom. The number of hydrogen-bond donors (Lipinski definition) is 2. The minimum atomic E-state index is -0.272. The number of amides is 1. The lowest BCUT2D eigenvalue weighted by atomic mass is 10.1. The Kier molecular flexibility index (Phi) is 3.27. The molecular weight excluding hydrogens is 268 g/mol. The zero-order chi connectivity index (χ0) is 14.8. The summed E-state index contributed by atoms with van der Waals surface area (Å²) in [4.78, 5) is 30.5. The number of fused-ring (bicyclic) bond motifs is 1. The summed E-state index contributed by atoms with van der Waals surface area (Å²) in [5, 5.41) is 4.16. The summed E-state index contributed by atoms with van der Waals surface area (Å²) in [6, 6.07) is 6.95. The number of anilines is 1. The molecule has 2 aromatic heterocycles. The van der Waals surface area contributed by atoms with Crippen molar-refractivity contribution in [3.8, 4) is 0 Å². The lowest BCUT2D eigenvalue weighted by Gasteiger charge is -2.07. The monoisotopic (exact) mass is 282 g/mol. The number of carbonyl (C=O) groups excluding carboxylic acids is 1. The molecule has 3 rings (SSSR count). The summed E-state index contributed by atoms with van der Waals surface area (Å²) < 4.78 is 1.76. The normalized spacial score (nSPS) is 10.7. The van der Waals surface area contributed by atoms with Crippen molar-refractivity contribution in [2.75, 3.05) is 5.32 Å². The molecule has 0 aliphatic heterocycles. The number of carbonyl (C=O) groups is 1. The molecule has 0 spiro atoms. The largest absolute Gasteiger partial charge is 0.329 e. The maximum atomic E-state index is 12.2. The van der Waals surface area contributed by atoms with Crippen LogP contribution in [0.2, 0.25) is 0 Å². The predicted octanol–water partition coefficient (Wildman–Crippen LogP) is 2.00. The van der Waals surface area contributed by atoms with E-state index in [0.29, 0.717) is 23.4 Å². The molecule has 106 valence electrons. The summed E-state index contributed by atoms with van der Waals surface area (Å²) in [5.41, 5.74) is 0.482. The van der Waals surface area contributed by atoms with Crippen LogP contribution < -0.4 is 10.9 Å². The summed E-state index contributed by atoms with van der Waals surface area (Å²) in [7, 11) is 0. The Hall–Kier alpha value is -2.89.